The lowest BCUT2D eigenvalue weighted by molar-refractivity contribution is -0.188. The quantitative estimate of drug-likeness (QED) is 0.174. The second-order valence-electron chi connectivity index (χ2n) is 6.88. The van der Waals surface area contributed by atoms with Crippen LogP contribution in [0.15, 0.2) is 108 Å². The molecule has 5 aromatic rings. The summed E-state index contributed by atoms with van der Waals surface area (Å²) in [6.07, 6.45) is 3.55. The Labute approximate surface area is 183 Å². The molecule has 5 rings (SSSR count). The van der Waals surface area contributed by atoms with Gasteiger partial charge in [0.2, 0.25) is 0 Å². The molecule has 31 heavy (non-hydrogen) atoms. The van der Waals surface area contributed by atoms with Crippen LogP contribution >= 0.6 is 12.0 Å². The Morgan fingerprint density at radius 3 is 2.29 bits per heavy atom. The zero-order chi connectivity index (χ0) is 21.0. The monoisotopic (exact) mass is 428 g/mol. The van der Waals surface area contributed by atoms with E-state index < -0.39 is 0 Å². The van der Waals surface area contributed by atoms with Crippen molar-refractivity contribution < 1.29 is 13.7 Å². The minimum atomic E-state index is -0.303. The second-order valence-corrected chi connectivity index (χ2v) is 7.65. The predicted octanol–water partition coefficient (Wildman–Crippen LogP) is 6.58. The minimum Gasteiger partial charge on any atom is -0.235 e. The Morgan fingerprint density at radius 2 is 1.52 bits per heavy atom. The molecular formula is C25H17FN2O2S. The highest BCUT2D eigenvalue weighted by Gasteiger charge is 2.15. The molecule has 0 unspecified atom stereocenters. The summed E-state index contributed by atoms with van der Waals surface area (Å²) in [5.41, 5.74) is 4.12. The molecule has 0 aliphatic heterocycles. The number of benzene rings is 3. The third-order valence-corrected chi connectivity index (χ3v) is 5.43. The predicted molar refractivity (Wildman–Crippen MR) is 121 cm³/mol. The average Bonchev–Trinajstić information content (AvgIpc) is 3.18. The lowest BCUT2D eigenvalue weighted by Crippen LogP contribution is -2.07. The maximum atomic E-state index is 13.9. The molecule has 0 bridgehead atoms. The van der Waals surface area contributed by atoms with Crippen LogP contribution in [0.5, 0.6) is 0 Å². The van der Waals surface area contributed by atoms with Crippen molar-refractivity contribution in [2.75, 3.05) is 0 Å². The van der Waals surface area contributed by atoms with Gasteiger partial charge >= 0.3 is 0 Å². The van der Waals surface area contributed by atoms with Crippen LogP contribution < -0.4 is 4.99 Å². The molecule has 0 saturated carbocycles. The SMILES string of the molecule is Fc1cccc(-c2cn(OOSc3ccccc3)c3ncc(-c4ccccc4)cc23)c1. The maximum Gasteiger partial charge on any atom is 0.179 e. The summed E-state index contributed by atoms with van der Waals surface area (Å²) in [5.74, 6) is -0.303. The first kappa shape index (κ1) is 19.4. The molecule has 152 valence electrons. The first-order valence-electron chi connectivity index (χ1n) is 9.67. The number of nitrogens with zero attached hydrogens (tertiary/aromatic N) is 2. The van der Waals surface area contributed by atoms with Crippen LogP contribution in [0.3, 0.4) is 0 Å². The molecule has 0 radical (unpaired) electrons. The first-order valence-corrected chi connectivity index (χ1v) is 10.4. The standard InChI is InChI=1S/C25H17FN2O2S/c26-21-11-7-10-19(14-21)24-17-28(29-30-31-22-12-5-2-6-13-22)25-23(24)15-20(16-27-25)18-8-3-1-4-9-18/h1-17H. The topological polar surface area (TPSA) is 36.3 Å². The molecule has 4 nitrogen and oxygen atoms in total. The highest BCUT2D eigenvalue weighted by molar-refractivity contribution is 7.94. The van der Waals surface area contributed by atoms with Crippen LogP contribution in [-0.4, -0.2) is 9.71 Å². The summed E-state index contributed by atoms with van der Waals surface area (Å²) < 4.78 is 20.7. The van der Waals surface area contributed by atoms with Crippen molar-refractivity contribution in [1.29, 1.82) is 0 Å². The normalized spacial score (nSPS) is 11.0. The number of hydrogen-bond acceptors (Lipinski definition) is 4. The van der Waals surface area contributed by atoms with E-state index in [1.54, 1.807) is 18.5 Å². The summed E-state index contributed by atoms with van der Waals surface area (Å²) in [6.45, 7) is 0. The lowest BCUT2D eigenvalue weighted by atomic mass is 10.0. The largest absolute Gasteiger partial charge is 0.235 e. The Bertz CT molecular complexity index is 1320. The van der Waals surface area contributed by atoms with Gasteiger partial charge in [-0.05, 0) is 41.5 Å². The van der Waals surface area contributed by atoms with Crippen molar-refractivity contribution in [3.8, 4) is 22.3 Å². The van der Waals surface area contributed by atoms with Crippen molar-refractivity contribution >= 4 is 23.1 Å². The molecule has 0 saturated heterocycles. The number of hydrogen-bond donors (Lipinski definition) is 0. The van der Waals surface area contributed by atoms with E-state index in [4.69, 9.17) is 9.32 Å². The lowest BCUT2D eigenvalue weighted by Gasteiger charge is -2.05. The third kappa shape index (κ3) is 4.17. The van der Waals surface area contributed by atoms with Crippen LogP contribution in [0.1, 0.15) is 0 Å². The highest BCUT2D eigenvalue weighted by atomic mass is 32.2. The van der Waals surface area contributed by atoms with Gasteiger partial charge in [0.1, 0.15) is 5.82 Å². The molecule has 3 aromatic carbocycles. The number of fused-ring (bicyclic) bond motifs is 1. The molecule has 0 fully saturated rings. The zero-order valence-electron chi connectivity index (χ0n) is 16.3. The van der Waals surface area contributed by atoms with Crippen LogP contribution in [0.2, 0.25) is 0 Å². The van der Waals surface area contributed by atoms with Gasteiger partial charge in [0.15, 0.2) is 5.65 Å². The Balaban J connectivity index is 1.54. The smallest absolute Gasteiger partial charge is 0.179 e. The van der Waals surface area contributed by atoms with Crippen LogP contribution in [0, 0.1) is 5.82 Å². The summed E-state index contributed by atoms with van der Waals surface area (Å²) in [6, 6.07) is 28.1. The van der Waals surface area contributed by atoms with Gasteiger partial charge < -0.3 is 0 Å². The van der Waals surface area contributed by atoms with E-state index >= 15 is 0 Å². The molecule has 0 aliphatic rings. The van der Waals surface area contributed by atoms with Crippen LogP contribution in [0.25, 0.3) is 33.3 Å². The highest BCUT2D eigenvalue weighted by Crippen LogP contribution is 2.33. The van der Waals surface area contributed by atoms with Gasteiger partial charge in [0.05, 0.1) is 18.2 Å². The Morgan fingerprint density at radius 1 is 0.774 bits per heavy atom. The number of pyridine rings is 1. The molecule has 0 aliphatic carbocycles. The molecule has 0 spiro atoms. The summed E-state index contributed by atoms with van der Waals surface area (Å²) in [4.78, 5) is 11.0. The number of halogens is 1. The fraction of sp³-hybridized carbons (Fsp3) is 0. The van der Waals surface area contributed by atoms with Crippen molar-refractivity contribution in [2.24, 2.45) is 0 Å². The summed E-state index contributed by atoms with van der Waals surface area (Å²) in [7, 11) is 0. The fourth-order valence-electron chi connectivity index (χ4n) is 3.37. The van der Waals surface area contributed by atoms with E-state index in [-0.39, 0.29) is 5.82 Å². The summed E-state index contributed by atoms with van der Waals surface area (Å²) >= 11 is 1.10. The molecule has 6 heteroatoms. The number of aromatic nitrogens is 2. The van der Waals surface area contributed by atoms with Gasteiger partial charge in [0, 0.05) is 27.6 Å². The second kappa shape index (κ2) is 8.63. The van der Waals surface area contributed by atoms with Gasteiger partial charge in [-0.25, -0.2) is 14.4 Å². The van der Waals surface area contributed by atoms with Crippen LogP contribution in [-0.2, 0) is 4.33 Å². The average molecular weight is 428 g/mol. The van der Waals surface area contributed by atoms with Gasteiger partial charge in [-0.1, -0.05) is 65.0 Å². The van der Waals surface area contributed by atoms with Crippen molar-refractivity contribution in [2.45, 2.75) is 4.90 Å². The Kier molecular flexibility index (Phi) is 5.39. The van der Waals surface area contributed by atoms with E-state index in [0.717, 1.165) is 44.6 Å². The van der Waals surface area contributed by atoms with Crippen molar-refractivity contribution in [1.82, 2.24) is 9.71 Å². The minimum absolute atomic E-state index is 0.303. The fourth-order valence-corrected chi connectivity index (χ4v) is 3.82. The molecule has 0 atom stereocenters. The van der Waals surface area contributed by atoms with Crippen molar-refractivity contribution in [3.63, 3.8) is 0 Å². The van der Waals surface area contributed by atoms with E-state index in [1.165, 1.54) is 16.9 Å². The number of rotatable bonds is 6. The van der Waals surface area contributed by atoms with E-state index in [9.17, 15) is 4.39 Å². The molecule has 0 amide bonds. The van der Waals surface area contributed by atoms with Gasteiger partial charge in [0.25, 0.3) is 0 Å². The maximum absolute atomic E-state index is 13.9. The molecular weight excluding hydrogens is 411 g/mol. The van der Waals surface area contributed by atoms with Crippen LogP contribution in [0.4, 0.5) is 4.39 Å². The first-order chi connectivity index (χ1) is 15.3. The van der Waals surface area contributed by atoms with E-state index in [0.29, 0.717) is 5.65 Å². The van der Waals surface area contributed by atoms with Crippen molar-refractivity contribution in [3.05, 3.63) is 109 Å². The van der Waals surface area contributed by atoms with E-state index in [2.05, 4.69) is 4.98 Å². The summed E-state index contributed by atoms with van der Waals surface area (Å²) in [5, 5.41) is 0.834. The van der Waals surface area contributed by atoms with Gasteiger partial charge in [-0.3, -0.25) is 0 Å². The molecule has 0 N–H and O–H groups in total. The molecule has 2 heterocycles. The molecule has 2 aromatic heterocycles. The Hall–Kier alpha value is -3.61. The zero-order valence-corrected chi connectivity index (χ0v) is 17.1. The van der Waals surface area contributed by atoms with Gasteiger partial charge in [-0.15, -0.1) is 4.73 Å². The van der Waals surface area contributed by atoms with E-state index in [1.807, 2.05) is 72.8 Å². The third-order valence-electron chi connectivity index (χ3n) is 4.84. The van der Waals surface area contributed by atoms with Gasteiger partial charge in [-0.2, -0.15) is 0 Å².